The highest BCUT2D eigenvalue weighted by Gasteiger charge is 2.23. The summed E-state index contributed by atoms with van der Waals surface area (Å²) in [5.41, 5.74) is 2.37. The van der Waals surface area contributed by atoms with Crippen molar-refractivity contribution in [2.75, 3.05) is 18.0 Å². The van der Waals surface area contributed by atoms with Gasteiger partial charge in [0.2, 0.25) is 0 Å². The molecule has 1 unspecified atom stereocenters. The Kier molecular flexibility index (Phi) is 4.81. The highest BCUT2D eigenvalue weighted by molar-refractivity contribution is 5.45. The summed E-state index contributed by atoms with van der Waals surface area (Å²) in [6.45, 7) is 8.33. The minimum Gasteiger partial charge on any atom is -0.393 e. The summed E-state index contributed by atoms with van der Waals surface area (Å²) in [6.07, 6.45) is 5.19. The Labute approximate surface area is 116 Å². The molecular weight excluding hydrogens is 236 g/mol. The lowest BCUT2D eigenvalue weighted by molar-refractivity contribution is 0.115. The van der Waals surface area contributed by atoms with E-state index in [4.69, 9.17) is 0 Å². The van der Waals surface area contributed by atoms with Gasteiger partial charge >= 0.3 is 0 Å². The second-order valence-electron chi connectivity index (χ2n) is 5.84. The van der Waals surface area contributed by atoms with Crippen LogP contribution in [-0.2, 0) is 0 Å². The summed E-state index contributed by atoms with van der Waals surface area (Å²) in [7, 11) is 0. The van der Waals surface area contributed by atoms with E-state index in [1.807, 2.05) is 13.1 Å². The van der Waals surface area contributed by atoms with E-state index in [1.54, 1.807) is 0 Å². The summed E-state index contributed by atoms with van der Waals surface area (Å²) in [4.78, 5) is 6.95. The summed E-state index contributed by atoms with van der Waals surface area (Å²) in [5.74, 6) is 0.920. The zero-order valence-electron chi connectivity index (χ0n) is 12.3. The Morgan fingerprint density at radius 3 is 2.79 bits per heavy atom. The van der Waals surface area contributed by atoms with Crippen LogP contribution in [0.3, 0.4) is 0 Å². The van der Waals surface area contributed by atoms with Crippen LogP contribution in [0.1, 0.15) is 51.6 Å². The summed E-state index contributed by atoms with van der Waals surface area (Å²) in [5, 5.41) is 9.75. The van der Waals surface area contributed by atoms with Gasteiger partial charge in [0.1, 0.15) is 0 Å². The quantitative estimate of drug-likeness (QED) is 0.905. The number of piperidine rings is 1. The fourth-order valence-corrected chi connectivity index (χ4v) is 2.72. The fraction of sp³-hybridized carbons (Fsp3) is 0.688. The lowest BCUT2D eigenvalue weighted by atomic mass is 9.93. The van der Waals surface area contributed by atoms with Gasteiger partial charge in [-0.05, 0) is 44.2 Å². The molecule has 106 valence electrons. The van der Waals surface area contributed by atoms with Gasteiger partial charge in [0.15, 0.2) is 0 Å². The summed E-state index contributed by atoms with van der Waals surface area (Å²) >= 11 is 0. The van der Waals surface area contributed by atoms with E-state index in [1.165, 1.54) is 11.4 Å². The fourth-order valence-electron chi connectivity index (χ4n) is 2.72. The second-order valence-corrected chi connectivity index (χ2v) is 5.84. The first-order valence-electron chi connectivity index (χ1n) is 7.50. The third-order valence-electron chi connectivity index (χ3n) is 4.39. The van der Waals surface area contributed by atoms with Crippen molar-refractivity contribution in [1.29, 1.82) is 0 Å². The standard InChI is InChI=1S/C16H26N2O/c1-4-12(2)16-8-7-15(10-17-16)18-9-5-6-14(11-18)13(3)19/h7-8,10,12-14,19H,4-6,9,11H2,1-3H3/t12?,13-,14+/m1/s1. The van der Waals surface area contributed by atoms with Crippen LogP contribution in [0.4, 0.5) is 5.69 Å². The van der Waals surface area contributed by atoms with Crippen molar-refractivity contribution in [2.45, 2.75) is 52.1 Å². The Hall–Kier alpha value is -1.09. The van der Waals surface area contributed by atoms with Gasteiger partial charge in [-0.25, -0.2) is 0 Å². The van der Waals surface area contributed by atoms with Gasteiger partial charge in [-0.1, -0.05) is 13.8 Å². The predicted molar refractivity (Wildman–Crippen MR) is 79.6 cm³/mol. The zero-order valence-corrected chi connectivity index (χ0v) is 12.3. The number of pyridine rings is 1. The molecule has 3 atom stereocenters. The molecule has 1 aliphatic rings. The zero-order chi connectivity index (χ0) is 13.8. The van der Waals surface area contributed by atoms with E-state index < -0.39 is 0 Å². The van der Waals surface area contributed by atoms with Crippen molar-refractivity contribution >= 4 is 5.69 Å². The molecule has 0 radical (unpaired) electrons. The van der Waals surface area contributed by atoms with Gasteiger partial charge in [-0.2, -0.15) is 0 Å². The van der Waals surface area contributed by atoms with Gasteiger partial charge in [0.25, 0.3) is 0 Å². The van der Waals surface area contributed by atoms with E-state index in [9.17, 15) is 5.11 Å². The minimum absolute atomic E-state index is 0.213. The number of hydrogen-bond acceptors (Lipinski definition) is 3. The van der Waals surface area contributed by atoms with Crippen LogP contribution in [0.5, 0.6) is 0 Å². The molecule has 1 aromatic rings. The van der Waals surface area contributed by atoms with E-state index in [0.29, 0.717) is 11.8 Å². The number of hydrogen-bond donors (Lipinski definition) is 1. The van der Waals surface area contributed by atoms with Crippen LogP contribution in [0.25, 0.3) is 0 Å². The molecule has 3 heteroatoms. The van der Waals surface area contributed by atoms with Crippen LogP contribution in [0.15, 0.2) is 18.3 Å². The lowest BCUT2D eigenvalue weighted by Gasteiger charge is -2.35. The minimum atomic E-state index is -0.213. The van der Waals surface area contributed by atoms with Crippen LogP contribution in [-0.4, -0.2) is 29.3 Å². The first-order chi connectivity index (χ1) is 9.11. The average Bonchev–Trinajstić information content (AvgIpc) is 2.46. The van der Waals surface area contributed by atoms with Crippen LogP contribution in [0, 0.1) is 5.92 Å². The first kappa shape index (κ1) is 14.3. The summed E-state index contributed by atoms with van der Waals surface area (Å²) in [6, 6.07) is 4.33. The average molecular weight is 262 g/mol. The SMILES string of the molecule is CCC(C)c1ccc(N2CCC[C@H]([C@@H](C)O)C2)cn1. The van der Waals surface area contributed by atoms with E-state index >= 15 is 0 Å². The molecule has 0 saturated carbocycles. The molecule has 1 aliphatic heterocycles. The van der Waals surface area contributed by atoms with Gasteiger partial charge in [-0.15, -0.1) is 0 Å². The van der Waals surface area contributed by atoms with Gasteiger partial charge in [-0.3, -0.25) is 4.98 Å². The van der Waals surface area contributed by atoms with Crippen LogP contribution >= 0.6 is 0 Å². The van der Waals surface area contributed by atoms with E-state index in [0.717, 1.165) is 32.4 Å². The van der Waals surface area contributed by atoms with E-state index in [-0.39, 0.29) is 6.10 Å². The predicted octanol–water partition coefficient (Wildman–Crippen LogP) is 3.19. The maximum atomic E-state index is 9.75. The Morgan fingerprint density at radius 2 is 2.21 bits per heavy atom. The molecule has 0 bridgehead atoms. The molecular formula is C16H26N2O. The lowest BCUT2D eigenvalue weighted by Crippen LogP contribution is -2.39. The van der Waals surface area contributed by atoms with Gasteiger partial charge in [0, 0.05) is 24.7 Å². The van der Waals surface area contributed by atoms with Gasteiger partial charge in [0.05, 0.1) is 18.0 Å². The molecule has 0 amide bonds. The molecule has 1 saturated heterocycles. The summed E-state index contributed by atoms with van der Waals surface area (Å²) < 4.78 is 0. The molecule has 1 aromatic heterocycles. The third kappa shape index (κ3) is 3.47. The Balaban J connectivity index is 2.05. The topological polar surface area (TPSA) is 36.4 Å². The van der Waals surface area contributed by atoms with Crippen molar-refractivity contribution < 1.29 is 5.11 Å². The highest BCUT2D eigenvalue weighted by Crippen LogP contribution is 2.26. The van der Waals surface area contributed by atoms with Crippen molar-refractivity contribution in [3.8, 4) is 0 Å². The highest BCUT2D eigenvalue weighted by atomic mass is 16.3. The number of aliphatic hydroxyl groups is 1. The van der Waals surface area contributed by atoms with E-state index in [2.05, 4.69) is 35.9 Å². The second kappa shape index (κ2) is 6.38. The van der Waals surface area contributed by atoms with Gasteiger partial charge < -0.3 is 10.0 Å². The third-order valence-corrected chi connectivity index (χ3v) is 4.39. The molecule has 19 heavy (non-hydrogen) atoms. The molecule has 0 aromatic carbocycles. The van der Waals surface area contributed by atoms with Crippen LogP contribution in [0.2, 0.25) is 0 Å². The molecule has 1 fully saturated rings. The largest absolute Gasteiger partial charge is 0.393 e. The van der Waals surface area contributed by atoms with Crippen LogP contribution < -0.4 is 4.90 Å². The first-order valence-corrected chi connectivity index (χ1v) is 7.50. The maximum absolute atomic E-state index is 9.75. The normalized spacial score (nSPS) is 23.2. The molecule has 0 aliphatic carbocycles. The van der Waals surface area contributed by atoms with Crippen molar-refractivity contribution in [3.63, 3.8) is 0 Å². The Morgan fingerprint density at radius 1 is 1.42 bits per heavy atom. The number of anilines is 1. The van der Waals surface area contributed by atoms with Crippen molar-refractivity contribution in [1.82, 2.24) is 4.98 Å². The molecule has 2 rings (SSSR count). The maximum Gasteiger partial charge on any atom is 0.0557 e. The molecule has 2 heterocycles. The molecule has 3 nitrogen and oxygen atoms in total. The number of rotatable bonds is 4. The van der Waals surface area contributed by atoms with Crippen molar-refractivity contribution in [2.24, 2.45) is 5.92 Å². The Bertz CT molecular complexity index is 388. The van der Waals surface area contributed by atoms with Crippen molar-refractivity contribution in [3.05, 3.63) is 24.0 Å². The molecule has 1 N–H and O–H groups in total. The number of nitrogens with zero attached hydrogens (tertiary/aromatic N) is 2. The number of aliphatic hydroxyl groups excluding tert-OH is 1. The smallest absolute Gasteiger partial charge is 0.0557 e. The molecule has 0 spiro atoms. The monoisotopic (exact) mass is 262 g/mol. The number of aromatic nitrogens is 1.